The zero-order chi connectivity index (χ0) is 15.2. The van der Waals surface area contributed by atoms with Crippen molar-refractivity contribution in [1.29, 1.82) is 0 Å². The molecule has 1 atom stereocenters. The molecule has 0 aromatic heterocycles. The number of benzene rings is 2. The van der Waals surface area contributed by atoms with Gasteiger partial charge >= 0.3 is 0 Å². The molecule has 0 radical (unpaired) electrons. The molecule has 0 aliphatic heterocycles. The largest absolute Gasteiger partial charge is 0.493 e. The van der Waals surface area contributed by atoms with Crippen LogP contribution in [0.15, 0.2) is 42.5 Å². The van der Waals surface area contributed by atoms with Crippen molar-refractivity contribution in [1.82, 2.24) is 0 Å². The lowest BCUT2D eigenvalue weighted by molar-refractivity contribution is 0.264. The van der Waals surface area contributed by atoms with Crippen LogP contribution in [0.4, 0.5) is 0 Å². The second kappa shape index (κ2) is 7.14. The van der Waals surface area contributed by atoms with E-state index in [1.165, 1.54) is 5.56 Å². The molecule has 0 heterocycles. The fourth-order valence-corrected chi connectivity index (χ4v) is 2.42. The summed E-state index contributed by atoms with van der Waals surface area (Å²) in [6.07, 6.45) is 0.764. The molecule has 0 saturated carbocycles. The first-order chi connectivity index (χ1) is 10.2. The van der Waals surface area contributed by atoms with Crippen LogP contribution >= 0.6 is 0 Å². The Bertz CT molecular complexity index is 576. The fraction of sp³-hybridized carbons (Fsp3) is 0.333. The summed E-state index contributed by atoms with van der Waals surface area (Å²) in [5.74, 6) is 1.52. The van der Waals surface area contributed by atoms with Gasteiger partial charge in [0.15, 0.2) is 11.5 Å². The third-order valence-corrected chi connectivity index (χ3v) is 3.70. The average Bonchev–Trinajstić information content (AvgIpc) is 2.53. The van der Waals surface area contributed by atoms with Crippen LogP contribution in [0.3, 0.4) is 0 Å². The summed E-state index contributed by atoms with van der Waals surface area (Å²) in [4.78, 5) is 0. The number of methoxy groups -OCH3 is 2. The minimum atomic E-state index is 0.0868. The van der Waals surface area contributed by atoms with Crippen molar-refractivity contribution in [2.45, 2.75) is 19.3 Å². The first-order valence-electron chi connectivity index (χ1n) is 7.06. The van der Waals surface area contributed by atoms with Crippen LogP contribution in [0.25, 0.3) is 0 Å². The van der Waals surface area contributed by atoms with Gasteiger partial charge in [-0.3, -0.25) is 0 Å². The molecular formula is C18H22O3. The van der Waals surface area contributed by atoms with E-state index in [-0.39, 0.29) is 12.5 Å². The van der Waals surface area contributed by atoms with E-state index in [4.69, 9.17) is 9.47 Å². The maximum absolute atomic E-state index is 9.68. The number of aliphatic hydroxyl groups excluding tert-OH is 1. The average molecular weight is 286 g/mol. The summed E-state index contributed by atoms with van der Waals surface area (Å²) in [6.45, 7) is 2.18. The van der Waals surface area contributed by atoms with E-state index in [1.807, 2.05) is 18.2 Å². The Labute approximate surface area is 126 Å². The summed E-state index contributed by atoms with van der Waals surface area (Å²) in [7, 11) is 3.26. The highest BCUT2D eigenvalue weighted by atomic mass is 16.5. The van der Waals surface area contributed by atoms with E-state index in [0.29, 0.717) is 0 Å². The summed E-state index contributed by atoms with van der Waals surface area (Å²) in [5, 5.41) is 9.68. The van der Waals surface area contributed by atoms with Crippen molar-refractivity contribution in [2.75, 3.05) is 20.8 Å². The monoisotopic (exact) mass is 286 g/mol. The molecule has 0 amide bonds. The molecule has 0 fully saturated rings. The molecule has 21 heavy (non-hydrogen) atoms. The molecule has 3 heteroatoms. The van der Waals surface area contributed by atoms with Crippen LogP contribution in [0.5, 0.6) is 11.5 Å². The third-order valence-electron chi connectivity index (χ3n) is 3.70. The Kier molecular flexibility index (Phi) is 5.23. The highest BCUT2D eigenvalue weighted by Gasteiger charge is 2.13. The zero-order valence-electron chi connectivity index (χ0n) is 12.8. The smallest absolute Gasteiger partial charge is 0.160 e. The van der Waals surface area contributed by atoms with Gasteiger partial charge in [-0.15, -0.1) is 0 Å². The van der Waals surface area contributed by atoms with E-state index < -0.39 is 0 Å². The maximum Gasteiger partial charge on any atom is 0.160 e. The van der Waals surface area contributed by atoms with Crippen molar-refractivity contribution < 1.29 is 14.6 Å². The van der Waals surface area contributed by atoms with Crippen molar-refractivity contribution in [3.05, 3.63) is 59.2 Å². The van der Waals surface area contributed by atoms with E-state index in [2.05, 4.69) is 31.2 Å². The van der Waals surface area contributed by atoms with Crippen molar-refractivity contribution in [3.63, 3.8) is 0 Å². The highest BCUT2D eigenvalue weighted by molar-refractivity contribution is 5.43. The Morgan fingerprint density at radius 2 is 1.62 bits per heavy atom. The molecule has 0 aliphatic carbocycles. The topological polar surface area (TPSA) is 38.7 Å². The lowest BCUT2D eigenvalue weighted by Gasteiger charge is -2.16. The predicted octanol–water partition coefficient (Wildman–Crippen LogP) is 3.33. The maximum atomic E-state index is 9.68. The molecule has 1 N–H and O–H groups in total. The lowest BCUT2D eigenvalue weighted by Crippen LogP contribution is -2.08. The molecule has 2 rings (SSSR count). The molecule has 0 bridgehead atoms. The molecule has 2 aromatic carbocycles. The number of hydrogen-bond acceptors (Lipinski definition) is 3. The molecule has 0 spiro atoms. The van der Waals surface area contributed by atoms with Gasteiger partial charge in [-0.2, -0.15) is 0 Å². The summed E-state index contributed by atoms with van der Waals surface area (Å²) < 4.78 is 10.6. The Morgan fingerprint density at radius 1 is 0.952 bits per heavy atom. The van der Waals surface area contributed by atoms with Gasteiger partial charge in [0, 0.05) is 5.92 Å². The van der Waals surface area contributed by atoms with Gasteiger partial charge in [-0.1, -0.05) is 35.9 Å². The van der Waals surface area contributed by atoms with Crippen molar-refractivity contribution in [3.8, 4) is 11.5 Å². The van der Waals surface area contributed by atoms with Crippen LogP contribution in [0.1, 0.15) is 22.6 Å². The lowest BCUT2D eigenvalue weighted by atomic mass is 9.92. The van der Waals surface area contributed by atoms with Crippen molar-refractivity contribution >= 4 is 0 Å². The van der Waals surface area contributed by atoms with Gasteiger partial charge < -0.3 is 14.6 Å². The summed E-state index contributed by atoms with van der Waals surface area (Å²) in [5.41, 5.74) is 3.49. The minimum Gasteiger partial charge on any atom is -0.493 e. The van der Waals surface area contributed by atoms with Crippen LogP contribution in [-0.2, 0) is 6.42 Å². The van der Waals surface area contributed by atoms with Crippen LogP contribution < -0.4 is 9.47 Å². The molecule has 112 valence electrons. The molecule has 3 nitrogen and oxygen atoms in total. The van der Waals surface area contributed by atoms with E-state index in [0.717, 1.165) is 29.0 Å². The van der Waals surface area contributed by atoms with Gasteiger partial charge in [0.25, 0.3) is 0 Å². The number of aryl methyl sites for hydroxylation is 1. The van der Waals surface area contributed by atoms with Crippen LogP contribution in [-0.4, -0.2) is 25.9 Å². The molecule has 0 aliphatic rings. The van der Waals surface area contributed by atoms with E-state index in [9.17, 15) is 5.11 Å². The summed E-state index contributed by atoms with van der Waals surface area (Å²) >= 11 is 0. The van der Waals surface area contributed by atoms with E-state index in [1.54, 1.807) is 14.2 Å². The fourth-order valence-electron chi connectivity index (χ4n) is 2.42. The standard InChI is InChI=1S/C18H22O3/c1-13-4-7-15(8-5-13)16(12-19)10-14-6-9-17(20-2)18(11-14)21-3/h4-9,11,16,19H,10,12H2,1-3H3. The Morgan fingerprint density at radius 3 is 2.19 bits per heavy atom. The first kappa shape index (κ1) is 15.4. The third kappa shape index (κ3) is 3.76. The van der Waals surface area contributed by atoms with Gasteiger partial charge in [0.1, 0.15) is 0 Å². The quantitative estimate of drug-likeness (QED) is 0.885. The zero-order valence-corrected chi connectivity index (χ0v) is 12.8. The second-order valence-corrected chi connectivity index (χ2v) is 5.18. The summed E-state index contributed by atoms with van der Waals surface area (Å²) in [6, 6.07) is 14.2. The molecular weight excluding hydrogens is 264 g/mol. The SMILES string of the molecule is COc1ccc(CC(CO)c2ccc(C)cc2)cc1OC. The highest BCUT2D eigenvalue weighted by Crippen LogP contribution is 2.30. The van der Waals surface area contributed by atoms with Gasteiger partial charge in [0.2, 0.25) is 0 Å². The Balaban J connectivity index is 2.20. The molecule has 1 unspecified atom stereocenters. The number of rotatable bonds is 6. The van der Waals surface area contributed by atoms with Crippen molar-refractivity contribution in [2.24, 2.45) is 0 Å². The van der Waals surface area contributed by atoms with Crippen LogP contribution in [0.2, 0.25) is 0 Å². The Hall–Kier alpha value is -2.00. The van der Waals surface area contributed by atoms with Gasteiger partial charge in [0.05, 0.1) is 20.8 Å². The molecule has 2 aromatic rings. The second-order valence-electron chi connectivity index (χ2n) is 5.18. The van der Waals surface area contributed by atoms with Gasteiger partial charge in [-0.25, -0.2) is 0 Å². The van der Waals surface area contributed by atoms with Gasteiger partial charge in [-0.05, 0) is 36.6 Å². The number of ether oxygens (including phenoxy) is 2. The van der Waals surface area contributed by atoms with E-state index >= 15 is 0 Å². The minimum absolute atomic E-state index is 0.0868. The number of aliphatic hydroxyl groups is 1. The molecule has 0 saturated heterocycles. The normalized spacial score (nSPS) is 12.0. The number of hydrogen-bond donors (Lipinski definition) is 1. The van der Waals surface area contributed by atoms with Crippen LogP contribution in [0, 0.1) is 6.92 Å². The predicted molar refractivity (Wildman–Crippen MR) is 84.3 cm³/mol. The first-order valence-corrected chi connectivity index (χ1v) is 7.06.